The Hall–Kier alpha value is -3.53. The normalized spacial score (nSPS) is 20.6. The highest BCUT2D eigenvalue weighted by Crippen LogP contribution is 2.51. The number of unbranched alkanes of at least 4 members (excludes halogenated alkanes) is 1. The molecule has 4 heteroatoms. The van der Waals surface area contributed by atoms with E-state index in [1.54, 1.807) is 0 Å². The van der Waals surface area contributed by atoms with Gasteiger partial charge in [0.05, 0.1) is 17.3 Å². The Morgan fingerprint density at radius 2 is 1.89 bits per heavy atom. The van der Waals surface area contributed by atoms with E-state index in [-0.39, 0.29) is 11.9 Å². The number of anilines is 1. The SMILES string of the molecule is CCCCNC(=O)c1cccc2c1NC(c1ccc3c(c1)c1ccccc1n3CC)C1CC=CC21. The third-order valence-corrected chi connectivity index (χ3v) is 7.93. The lowest BCUT2D eigenvalue weighted by molar-refractivity contribution is 0.0953. The lowest BCUT2D eigenvalue weighted by Crippen LogP contribution is -2.32. The number of benzene rings is 3. The molecule has 2 N–H and O–H groups in total. The van der Waals surface area contributed by atoms with Gasteiger partial charge in [-0.05, 0) is 61.1 Å². The Labute approximate surface area is 207 Å². The van der Waals surface area contributed by atoms with Gasteiger partial charge in [-0.15, -0.1) is 0 Å². The molecule has 1 aliphatic heterocycles. The van der Waals surface area contributed by atoms with Gasteiger partial charge in [0.25, 0.3) is 5.91 Å². The Morgan fingerprint density at radius 3 is 2.74 bits per heavy atom. The highest BCUT2D eigenvalue weighted by Gasteiger charge is 2.39. The molecule has 0 fully saturated rings. The minimum atomic E-state index is 0.0171. The quantitative estimate of drug-likeness (QED) is 0.235. The number of aromatic nitrogens is 1. The fraction of sp³-hybridized carbons (Fsp3) is 0.323. The molecular formula is C31H33N3O. The molecule has 3 unspecified atom stereocenters. The van der Waals surface area contributed by atoms with E-state index in [2.05, 4.69) is 89.7 Å². The first-order valence-electron chi connectivity index (χ1n) is 13.1. The summed E-state index contributed by atoms with van der Waals surface area (Å²) in [7, 11) is 0. The fourth-order valence-corrected chi connectivity index (χ4v) is 6.22. The largest absolute Gasteiger partial charge is 0.377 e. The molecular weight excluding hydrogens is 430 g/mol. The number of hydrogen-bond acceptors (Lipinski definition) is 2. The Kier molecular flexibility index (Phi) is 5.60. The summed E-state index contributed by atoms with van der Waals surface area (Å²) in [6.07, 6.45) is 7.77. The summed E-state index contributed by atoms with van der Waals surface area (Å²) in [5.74, 6) is 0.786. The zero-order chi connectivity index (χ0) is 23.9. The number of para-hydroxylation sites is 2. The second-order valence-corrected chi connectivity index (χ2v) is 9.89. The van der Waals surface area contributed by atoms with Gasteiger partial charge in [-0.1, -0.05) is 61.9 Å². The number of nitrogens with zero attached hydrogens (tertiary/aromatic N) is 1. The number of aryl methyl sites for hydroxylation is 1. The molecule has 0 spiro atoms. The maximum Gasteiger partial charge on any atom is 0.253 e. The number of hydrogen-bond donors (Lipinski definition) is 2. The van der Waals surface area contributed by atoms with Gasteiger partial charge in [0.1, 0.15) is 0 Å². The van der Waals surface area contributed by atoms with Crippen LogP contribution in [0, 0.1) is 5.92 Å². The molecule has 2 heterocycles. The molecule has 1 aromatic heterocycles. The first-order chi connectivity index (χ1) is 17.2. The standard InChI is InChI=1S/C31H33N3O/c1-3-5-18-32-31(35)25-14-9-13-24-21-11-8-12-23(21)29(33-30(24)25)20-16-17-28-26(19-20)22-10-6-7-15-27(22)34(28)4-2/h6-11,13-17,19,21,23,29,33H,3-5,12,18H2,1-2H3,(H,32,35). The second-order valence-electron chi connectivity index (χ2n) is 9.89. The van der Waals surface area contributed by atoms with E-state index in [1.165, 1.54) is 32.9 Å². The molecule has 4 aromatic rings. The summed E-state index contributed by atoms with van der Waals surface area (Å²) >= 11 is 0. The van der Waals surface area contributed by atoms with Crippen LogP contribution in [-0.2, 0) is 6.54 Å². The summed E-state index contributed by atoms with van der Waals surface area (Å²) in [6, 6.07) is 22.0. The topological polar surface area (TPSA) is 46.1 Å². The molecule has 6 rings (SSSR count). The highest BCUT2D eigenvalue weighted by molar-refractivity contribution is 6.08. The predicted molar refractivity (Wildman–Crippen MR) is 145 cm³/mol. The molecule has 178 valence electrons. The number of amides is 1. The van der Waals surface area contributed by atoms with Gasteiger partial charge in [0.15, 0.2) is 0 Å². The first-order valence-corrected chi connectivity index (χ1v) is 13.1. The second kappa shape index (κ2) is 8.92. The minimum Gasteiger partial charge on any atom is -0.377 e. The van der Waals surface area contributed by atoms with Gasteiger partial charge in [0, 0.05) is 40.8 Å². The number of carbonyl (C=O) groups excluding carboxylic acids is 1. The van der Waals surface area contributed by atoms with Gasteiger partial charge in [0.2, 0.25) is 0 Å². The third kappa shape index (κ3) is 3.54. The van der Waals surface area contributed by atoms with Crippen LogP contribution in [0.25, 0.3) is 21.8 Å². The Balaban J connectivity index is 1.44. The van der Waals surface area contributed by atoms with Gasteiger partial charge in [-0.3, -0.25) is 4.79 Å². The van der Waals surface area contributed by atoms with Gasteiger partial charge >= 0.3 is 0 Å². The van der Waals surface area contributed by atoms with Crippen LogP contribution in [0.2, 0.25) is 0 Å². The van der Waals surface area contributed by atoms with Crippen molar-refractivity contribution in [3.05, 3.63) is 89.5 Å². The van der Waals surface area contributed by atoms with Crippen LogP contribution < -0.4 is 10.6 Å². The molecule has 2 aliphatic rings. The van der Waals surface area contributed by atoms with Crippen molar-refractivity contribution in [2.75, 3.05) is 11.9 Å². The third-order valence-electron chi connectivity index (χ3n) is 7.93. The van der Waals surface area contributed by atoms with Crippen LogP contribution in [0.4, 0.5) is 5.69 Å². The Morgan fingerprint density at radius 1 is 1.03 bits per heavy atom. The monoisotopic (exact) mass is 463 g/mol. The van der Waals surface area contributed by atoms with E-state index < -0.39 is 0 Å². The fourth-order valence-electron chi connectivity index (χ4n) is 6.22. The van der Waals surface area contributed by atoms with Crippen molar-refractivity contribution < 1.29 is 4.79 Å². The van der Waals surface area contributed by atoms with Crippen LogP contribution in [0.3, 0.4) is 0 Å². The van der Waals surface area contributed by atoms with Crippen molar-refractivity contribution in [2.45, 2.75) is 51.6 Å². The van der Waals surface area contributed by atoms with E-state index in [1.807, 2.05) is 12.1 Å². The van der Waals surface area contributed by atoms with Crippen LogP contribution >= 0.6 is 0 Å². The van der Waals surface area contributed by atoms with Crippen LogP contribution in [0.5, 0.6) is 0 Å². The number of fused-ring (bicyclic) bond motifs is 6. The smallest absolute Gasteiger partial charge is 0.253 e. The molecule has 3 atom stereocenters. The zero-order valence-corrected chi connectivity index (χ0v) is 20.6. The maximum absolute atomic E-state index is 13.1. The van der Waals surface area contributed by atoms with Crippen molar-refractivity contribution in [3.63, 3.8) is 0 Å². The molecule has 0 radical (unpaired) electrons. The van der Waals surface area contributed by atoms with Crippen LogP contribution in [0.1, 0.15) is 66.6 Å². The van der Waals surface area contributed by atoms with Gasteiger partial charge in [-0.25, -0.2) is 0 Å². The molecule has 1 amide bonds. The average molecular weight is 464 g/mol. The molecule has 1 aliphatic carbocycles. The highest BCUT2D eigenvalue weighted by atomic mass is 16.1. The molecule has 3 aromatic carbocycles. The summed E-state index contributed by atoms with van der Waals surface area (Å²) in [6.45, 7) is 6.02. The van der Waals surface area contributed by atoms with Crippen LogP contribution in [0.15, 0.2) is 72.8 Å². The summed E-state index contributed by atoms with van der Waals surface area (Å²) in [5.41, 5.74) is 6.86. The molecule has 4 nitrogen and oxygen atoms in total. The molecule has 0 saturated carbocycles. The van der Waals surface area contributed by atoms with Crippen molar-refractivity contribution in [1.29, 1.82) is 0 Å². The van der Waals surface area contributed by atoms with E-state index in [0.29, 0.717) is 18.4 Å². The maximum atomic E-state index is 13.1. The van der Waals surface area contributed by atoms with Crippen molar-refractivity contribution in [3.8, 4) is 0 Å². The van der Waals surface area contributed by atoms with E-state index in [4.69, 9.17) is 0 Å². The number of rotatable bonds is 6. The van der Waals surface area contributed by atoms with Gasteiger partial charge in [-0.2, -0.15) is 0 Å². The summed E-state index contributed by atoms with van der Waals surface area (Å²) < 4.78 is 2.40. The molecule has 0 saturated heterocycles. The Bertz CT molecular complexity index is 1450. The zero-order valence-electron chi connectivity index (χ0n) is 20.6. The van der Waals surface area contributed by atoms with E-state index in [0.717, 1.165) is 37.1 Å². The predicted octanol–water partition coefficient (Wildman–Crippen LogP) is 7.17. The lowest BCUT2D eigenvalue weighted by Gasteiger charge is -2.38. The summed E-state index contributed by atoms with van der Waals surface area (Å²) in [5, 5.41) is 9.58. The van der Waals surface area contributed by atoms with Crippen molar-refractivity contribution in [1.82, 2.24) is 9.88 Å². The number of carbonyl (C=O) groups is 1. The average Bonchev–Trinajstić information content (AvgIpc) is 3.51. The van der Waals surface area contributed by atoms with E-state index >= 15 is 0 Å². The van der Waals surface area contributed by atoms with Gasteiger partial charge < -0.3 is 15.2 Å². The molecule has 35 heavy (non-hydrogen) atoms. The van der Waals surface area contributed by atoms with Crippen LogP contribution in [-0.4, -0.2) is 17.0 Å². The molecule has 0 bridgehead atoms. The number of allylic oxidation sites excluding steroid dienone is 2. The minimum absolute atomic E-state index is 0.0171. The first kappa shape index (κ1) is 22.0. The van der Waals surface area contributed by atoms with Crippen molar-refractivity contribution >= 4 is 33.4 Å². The summed E-state index contributed by atoms with van der Waals surface area (Å²) in [4.78, 5) is 13.1. The number of nitrogens with one attached hydrogen (secondary N) is 2. The van der Waals surface area contributed by atoms with Crippen molar-refractivity contribution in [2.24, 2.45) is 5.92 Å². The lowest BCUT2D eigenvalue weighted by atomic mass is 9.76. The van der Waals surface area contributed by atoms with E-state index in [9.17, 15) is 4.79 Å².